The monoisotopic (exact) mass is 254 g/mol. The van der Waals surface area contributed by atoms with Gasteiger partial charge in [0, 0.05) is 18.9 Å². The van der Waals surface area contributed by atoms with Crippen LogP contribution in [0.5, 0.6) is 0 Å². The van der Waals surface area contributed by atoms with Crippen LogP contribution in [0.3, 0.4) is 0 Å². The Morgan fingerprint density at radius 2 is 2.35 bits per heavy atom. The molecule has 1 heterocycles. The summed E-state index contributed by atoms with van der Waals surface area (Å²) in [5.74, 6) is 0.540. The van der Waals surface area contributed by atoms with Crippen molar-refractivity contribution in [2.24, 2.45) is 11.8 Å². The van der Waals surface area contributed by atoms with Crippen LogP contribution in [0, 0.1) is 11.8 Å². The van der Waals surface area contributed by atoms with E-state index in [1.165, 1.54) is 11.3 Å². The Balaban J connectivity index is 1.61. The number of nitrogens with zero attached hydrogens (tertiary/aromatic N) is 2. The van der Waals surface area contributed by atoms with E-state index in [1.807, 2.05) is 6.92 Å². The van der Waals surface area contributed by atoms with Gasteiger partial charge in [-0.3, -0.25) is 9.59 Å². The van der Waals surface area contributed by atoms with Gasteiger partial charge in [0.1, 0.15) is 5.51 Å². The second kappa shape index (κ2) is 5.22. The van der Waals surface area contributed by atoms with Gasteiger partial charge >= 0.3 is 0 Å². The summed E-state index contributed by atoms with van der Waals surface area (Å²) in [6.45, 7) is 2.42. The lowest BCUT2D eigenvalue weighted by molar-refractivity contribution is -0.122. The highest BCUT2D eigenvalue weighted by molar-refractivity contribution is 7.13. The smallest absolute Gasteiger partial charge is 0.227 e. The third-order valence-electron chi connectivity index (χ3n) is 2.70. The molecule has 7 heteroatoms. The fraction of sp³-hybridized carbons (Fsp3) is 0.600. The van der Waals surface area contributed by atoms with E-state index in [1.54, 1.807) is 5.51 Å². The fourth-order valence-electron chi connectivity index (χ4n) is 1.53. The van der Waals surface area contributed by atoms with Gasteiger partial charge in [0.15, 0.2) is 0 Å². The summed E-state index contributed by atoms with van der Waals surface area (Å²) in [6, 6.07) is 0. The summed E-state index contributed by atoms with van der Waals surface area (Å²) in [5.41, 5.74) is 1.55. The molecule has 6 nitrogen and oxygen atoms in total. The molecule has 1 aliphatic carbocycles. The van der Waals surface area contributed by atoms with Crippen LogP contribution in [-0.4, -0.2) is 28.6 Å². The number of carbonyl (C=O) groups excluding carboxylic acids is 2. The molecule has 1 aromatic heterocycles. The maximum absolute atomic E-state index is 11.5. The Kier molecular flexibility index (Phi) is 3.68. The quantitative estimate of drug-likeness (QED) is 0.807. The molecule has 0 radical (unpaired) electrons. The van der Waals surface area contributed by atoms with Gasteiger partial charge in [0.05, 0.1) is 0 Å². The van der Waals surface area contributed by atoms with Crippen LogP contribution in [0.4, 0.5) is 5.13 Å². The number of aromatic nitrogens is 2. The van der Waals surface area contributed by atoms with Crippen molar-refractivity contribution < 1.29 is 9.59 Å². The molecule has 1 saturated carbocycles. The third-order valence-corrected chi connectivity index (χ3v) is 3.31. The average molecular weight is 254 g/mol. The molecule has 1 aliphatic rings. The molecule has 2 atom stereocenters. The van der Waals surface area contributed by atoms with Crippen LogP contribution in [-0.2, 0) is 9.59 Å². The zero-order valence-corrected chi connectivity index (χ0v) is 10.3. The van der Waals surface area contributed by atoms with E-state index in [0.29, 0.717) is 17.6 Å². The molecular formula is C10H14N4O2S. The second-order valence-electron chi connectivity index (χ2n) is 4.15. The van der Waals surface area contributed by atoms with Crippen LogP contribution in [0.2, 0.25) is 0 Å². The van der Waals surface area contributed by atoms with Crippen molar-refractivity contribution in [2.75, 3.05) is 11.9 Å². The Morgan fingerprint density at radius 3 is 2.94 bits per heavy atom. The number of nitrogens with one attached hydrogen (secondary N) is 2. The lowest BCUT2D eigenvalue weighted by atomic mass is 10.3. The Morgan fingerprint density at radius 1 is 1.59 bits per heavy atom. The predicted octanol–water partition coefficient (Wildman–Crippen LogP) is 0.639. The normalized spacial score (nSPS) is 21.9. The highest BCUT2D eigenvalue weighted by atomic mass is 32.1. The molecule has 92 valence electrons. The van der Waals surface area contributed by atoms with E-state index in [2.05, 4.69) is 20.8 Å². The Hall–Kier alpha value is -1.50. The highest BCUT2D eigenvalue weighted by Gasteiger charge is 2.38. The molecule has 0 aliphatic heterocycles. The van der Waals surface area contributed by atoms with Crippen molar-refractivity contribution in [3.63, 3.8) is 0 Å². The Bertz CT molecular complexity index is 406. The van der Waals surface area contributed by atoms with Gasteiger partial charge in [-0.05, 0) is 12.3 Å². The minimum Gasteiger partial charge on any atom is -0.355 e. The summed E-state index contributed by atoms with van der Waals surface area (Å²) < 4.78 is 0. The zero-order chi connectivity index (χ0) is 12.3. The van der Waals surface area contributed by atoms with Gasteiger partial charge in [-0.1, -0.05) is 18.3 Å². The van der Waals surface area contributed by atoms with Crippen LogP contribution < -0.4 is 10.6 Å². The van der Waals surface area contributed by atoms with E-state index < -0.39 is 0 Å². The molecule has 0 spiro atoms. The minimum absolute atomic E-state index is 0.0567. The van der Waals surface area contributed by atoms with Gasteiger partial charge in [-0.2, -0.15) is 0 Å². The molecule has 1 aromatic rings. The summed E-state index contributed by atoms with van der Waals surface area (Å²) in [6.07, 6.45) is 1.22. The van der Waals surface area contributed by atoms with E-state index in [4.69, 9.17) is 0 Å². The molecule has 0 unspecified atom stereocenters. The standard InChI is InChI=1S/C10H14N4O2S/c1-6-4-7(6)9(16)11-3-2-8(15)13-10-14-12-5-17-10/h5-7H,2-4H2,1H3,(H,11,16)(H,13,14,15)/t6-,7+/m0/s1. The number of hydrogen-bond donors (Lipinski definition) is 2. The molecule has 2 N–H and O–H groups in total. The first-order valence-electron chi connectivity index (χ1n) is 5.50. The number of anilines is 1. The summed E-state index contributed by atoms with van der Waals surface area (Å²) in [4.78, 5) is 22.9. The van der Waals surface area contributed by atoms with Gasteiger partial charge in [-0.25, -0.2) is 0 Å². The zero-order valence-electron chi connectivity index (χ0n) is 9.47. The average Bonchev–Trinajstić information content (AvgIpc) is 2.80. The van der Waals surface area contributed by atoms with E-state index in [0.717, 1.165) is 6.42 Å². The summed E-state index contributed by atoms with van der Waals surface area (Å²) >= 11 is 1.26. The van der Waals surface area contributed by atoms with Gasteiger partial charge < -0.3 is 10.6 Å². The van der Waals surface area contributed by atoms with Crippen molar-refractivity contribution >= 4 is 28.3 Å². The van der Waals surface area contributed by atoms with E-state index >= 15 is 0 Å². The lowest BCUT2D eigenvalue weighted by Crippen LogP contribution is -2.29. The first-order valence-corrected chi connectivity index (χ1v) is 6.38. The molecule has 1 fully saturated rings. The maximum atomic E-state index is 11.5. The van der Waals surface area contributed by atoms with Crippen molar-refractivity contribution in [3.8, 4) is 0 Å². The lowest BCUT2D eigenvalue weighted by Gasteiger charge is -2.03. The van der Waals surface area contributed by atoms with Crippen molar-refractivity contribution in [1.29, 1.82) is 0 Å². The first kappa shape index (κ1) is 12.0. The maximum Gasteiger partial charge on any atom is 0.227 e. The molecule has 2 amide bonds. The number of amides is 2. The third kappa shape index (κ3) is 3.48. The molecule has 0 saturated heterocycles. The van der Waals surface area contributed by atoms with Gasteiger partial charge in [0.2, 0.25) is 16.9 Å². The SMILES string of the molecule is C[C@H]1C[C@H]1C(=O)NCCC(=O)Nc1nncs1. The van der Waals surface area contributed by atoms with E-state index in [-0.39, 0.29) is 24.2 Å². The second-order valence-corrected chi connectivity index (χ2v) is 4.99. The van der Waals surface area contributed by atoms with Crippen molar-refractivity contribution in [3.05, 3.63) is 5.51 Å². The molecule has 2 rings (SSSR count). The van der Waals surface area contributed by atoms with Crippen molar-refractivity contribution in [1.82, 2.24) is 15.5 Å². The van der Waals surface area contributed by atoms with Gasteiger partial charge in [0.25, 0.3) is 0 Å². The summed E-state index contributed by atoms with van der Waals surface area (Å²) in [5, 5.41) is 13.1. The van der Waals surface area contributed by atoms with Crippen LogP contribution >= 0.6 is 11.3 Å². The van der Waals surface area contributed by atoms with E-state index in [9.17, 15) is 9.59 Å². The molecule has 0 bridgehead atoms. The highest BCUT2D eigenvalue weighted by Crippen LogP contribution is 2.37. The predicted molar refractivity (Wildman–Crippen MR) is 63.4 cm³/mol. The van der Waals surface area contributed by atoms with Crippen LogP contribution in [0.15, 0.2) is 5.51 Å². The minimum atomic E-state index is -0.161. The van der Waals surface area contributed by atoms with Crippen LogP contribution in [0.1, 0.15) is 19.8 Å². The number of carbonyl (C=O) groups is 2. The largest absolute Gasteiger partial charge is 0.355 e. The van der Waals surface area contributed by atoms with Crippen LogP contribution in [0.25, 0.3) is 0 Å². The first-order chi connectivity index (χ1) is 8.16. The Labute approximate surface area is 103 Å². The fourth-order valence-corrected chi connectivity index (χ4v) is 1.99. The molecular weight excluding hydrogens is 240 g/mol. The van der Waals surface area contributed by atoms with Crippen molar-refractivity contribution in [2.45, 2.75) is 19.8 Å². The van der Waals surface area contributed by atoms with Gasteiger partial charge in [-0.15, -0.1) is 10.2 Å². The number of hydrogen-bond acceptors (Lipinski definition) is 5. The number of rotatable bonds is 5. The molecule has 17 heavy (non-hydrogen) atoms. The molecule has 0 aromatic carbocycles. The summed E-state index contributed by atoms with van der Waals surface area (Å²) in [7, 11) is 0. The topological polar surface area (TPSA) is 84.0 Å².